The van der Waals surface area contributed by atoms with E-state index in [4.69, 9.17) is 19.7 Å². The predicted octanol–water partition coefficient (Wildman–Crippen LogP) is 1.74. The van der Waals surface area contributed by atoms with Gasteiger partial charge < -0.3 is 25.0 Å². The summed E-state index contributed by atoms with van der Waals surface area (Å²) in [6.07, 6.45) is 0.199. The third-order valence-electron chi connectivity index (χ3n) is 4.51. The van der Waals surface area contributed by atoms with Gasteiger partial charge in [0.15, 0.2) is 17.3 Å². The zero-order valence-electron chi connectivity index (χ0n) is 15.3. The normalized spacial score (nSPS) is 13.1. The smallest absolute Gasteiger partial charge is 0.315 e. The largest absolute Gasteiger partial charge is 0.454 e. The van der Waals surface area contributed by atoms with Gasteiger partial charge in [-0.2, -0.15) is 4.98 Å². The SMILES string of the molecule is NC(=O)c1nc(CNC(=O)C[C@@H](c2ccccc2)c2ccc3c(c2)OCO3)no1. The third-order valence-corrected chi connectivity index (χ3v) is 4.51. The van der Waals surface area contributed by atoms with Crippen molar-refractivity contribution in [1.29, 1.82) is 0 Å². The van der Waals surface area contributed by atoms with E-state index in [1.165, 1.54) is 0 Å². The number of primary amides is 1. The predicted molar refractivity (Wildman–Crippen MR) is 100 cm³/mol. The fourth-order valence-electron chi connectivity index (χ4n) is 3.10. The van der Waals surface area contributed by atoms with E-state index in [9.17, 15) is 9.59 Å². The first kappa shape index (κ1) is 18.5. The monoisotopic (exact) mass is 394 g/mol. The van der Waals surface area contributed by atoms with E-state index < -0.39 is 5.91 Å². The minimum atomic E-state index is -0.818. The van der Waals surface area contributed by atoms with E-state index in [-0.39, 0.29) is 43.3 Å². The highest BCUT2D eigenvalue weighted by Gasteiger charge is 2.22. The van der Waals surface area contributed by atoms with Gasteiger partial charge in [0.05, 0.1) is 6.54 Å². The number of aromatic nitrogens is 2. The zero-order chi connectivity index (χ0) is 20.2. The van der Waals surface area contributed by atoms with E-state index in [1.54, 1.807) is 0 Å². The zero-order valence-corrected chi connectivity index (χ0v) is 15.3. The molecule has 2 aromatic carbocycles. The Morgan fingerprint density at radius 2 is 1.86 bits per heavy atom. The van der Waals surface area contributed by atoms with Crippen LogP contribution in [0.3, 0.4) is 0 Å². The number of fused-ring (bicyclic) bond motifs is 1. The van der Waals surface area contributed by atoms with Crippen molar-refractivity contribution in [2.75, 3.05) is 6.79 Å². The number of benzene rings is 2. The molecule has 0 radical (unpaired) electrons. The Balaban J connectivity index is 1.49. The number of nitrogens with zero attached hydrogens (tertiary/aromatic N) is 2. The van der Waals surface area contributed by atoms with E-state index >= 15 is 0 Å². The summed E-state index contributed by atoms with van der Waals surface area (Å²) in [7, 11) is 0. The third kappa shape index (κ3) is 4.18. The van der Waals surface area contributed by atoms with Gasteiger partial charge in [-0.15, -0.1) is 0 Å². The topological polar surface area (TPSA) is 130 Å². The van der Waals surface area contributed by atoms with Crippen molar-refractivity contribution in [3.8, 4) is 11.5 Å². The summed E-state index contributed by atoms with van der Waals surface area (Å²) in [5.74, 6) is 0.0198. The minimum absolute atomic E-state index is 0.0261. The molecule has 148 valence electrons. The molecular weight excluding hydrogens is 376 g/mol. The summed E-state index contributed by atoms with van der Waals surface area (Å²) in [6, 6.07) is 15.4. The van der Waals surface area contributed by atoms with Crippen molar-refractivity contribution in [3.63, 3.8) is 0 Å². The van der Waals surface area contributed by atoms with Gasteiger partial charge in [-0.05, 0) is 23.3 Å². The maximum Gasteiger partial charge on any atom is 0.315 e. The van der Waals surface area contributed by atoms with Gasteiger partial charge in [0.25, 0.3) is 0 Å². The standard InChI is InChI=1S/C20H18N4O5/c21-19(26)20-23-17(24-29-20)10-22-18(25)9-14(12-4-2-1-3-5-12)13-6-7-15-16(8-13)28-11-27-15/h1-8,14H,9-11H2,(H2,21,26)(H,22,25)/t14-/m0/s1. The molecule has 0 aliphatic carbocycles. The molecule has 9 nitrogen and oxygen atoms in total. The molecule has 2 amide bonds. The van der Waals surface area contributed by atoms with E-state index in [2.05, 4.69) is 15.5 Å². The maximum atomic E-state index is 12.6. The molecular formula is C20H18N4O5. The average Bonchev–Trinajstić information content (AvgIpc) is 3.40. The number of carbonyl (C=O) groups excluding carboxylic acids is 2. The summed E-state index contributed by atoms with van der Waals surface area (Å²) in [5, 5.41) is 6.35. The van der Waals surface area contributed by atoms with Gasteiger partial charge in [-0.3, -0.25) is 9.59 Å². The van der Waals surface area contributed by atoms with Crippen LogP contribution >= 0.6 is 0 Å². The second-order valence-corrected chi connectivity index (χ2v) is 6.44. The Hall–Kier alpha value is -3.88. The summed E-state index contributed by atoms with van der Waals surface area (Å²) >= 11 is 0. The second kappa shape index (κ2) is 8.01. The van der Waals surface area contributed by atoms with Crippen LogP contribution in [0.1, 0.15) is 40.0 Å². The average molecular weight is 394 g/mol. The molecule has 0 unspecified atom stereocenters. The number of nitrogens with two attached hydrogens (primary N) is 1. The molecule has 1 aromatic heterocycles. The highest BCUT2D eigenvalue weighted by molar-refractivity contribution is 5.87. The molecule has 1 aliphatic heterocycles. The second-order valence-electron chi connectivity index (χ2n) is 6.44. The Labute approximate surface area is 165 Å². The molecule has 9 heteroatoms. The Morgan fingerprint density at radius 1 is 1.07 bits per heavy atom. The summed E-state index contributed by atoms with van der Waals surface area (Å²) in [6.45, 7) is 0.214. The number of carbonyl (C=O) groups is 2. The number of hydrogen-bond acceptors (Lipinski definition) is 7. The Morgan fingerprint density at radius 3 is 2.62 bits per heavy atom. The lowest BCUT2D eigenvalue weighted by Gasteiger charge is -2.18. The molecule has 1 aliphatic rings. The molecule has 0 spiro atoms. The molecule has 4 rings (SSSR count). The summed E-state index contributed by atoms with van der Waals surface area (Å²) < 4.78 is 15.5. The molecule has 29 heavy (non-hydrogen) atoms. The summed E-state index contributed by atoms with van der Waals surface area (Å²) in [4.78, 5) is 27.4. The lowest BCUT2D eigenvalue weighted by Crippen LogP contribution is -2.25. The molecule has 3 N–H and O–H groups in total. The quantitative estimate of drug-likeness (QED) is 0.624. The van der Waals surface area contributed by atoms with Gasteiger partial charge in [0.1, 0.15) is 0 Å². The summed E-state index contributed by atoms with van der Waals surface area (Å²) in [5.41, 5.74) is 7.01. The number of hydrogen-bond donors (Lipinski definition) is 2. The van der Waals surface area contributed by atoms with Crippen LogP contribution in [-0.4, -0.2) is 28.7 Å². The molecule has 3 aromatic rings. The Bertz CT molecular complexity index is 1030. The van der Waals surface area contributed by atoms with Crippen LogP contribution in [0.2, 0.25) is 0 Å². The van der Waals surface area contributed by atoms with Crippen molar-refractivity contribution in [1.82, 2.24) is 15.5 Å². The number of rotatable bonds is 7. The minimum Gasteiger partial charge on any atom is -0.454 e. The van der Waals surface area contributed by atoms with Crippen molar-refractivity contribution >= 4 is 11.8 Å². The number of nitrogens with one attached hydrogen (secondary N) is 1. The molecule has 0 saturated carbocycles. The van der Waals surface area contributed by atoms with Crippen LogP contribution in [0, 0.1) is 0 Å². The molecule has 1 atom stereocenters. The molecule has 0 fully saturated rings. The molecule has 0 saturated heterocycles. The van der Waals surface area contributed by atoms with Crippen molar-refractivity contribution in [2.45, 2.75) is 18.9 Å². The maximum absolute atomic E-state index is 12.6. The fourth-order valence-corrected chi connectivity index (χ4v) is 3.10. The molecule has 0 bridgehead atoms. The van der Waals surface area contributed by atoms with Gasteiger partial charge in [0, 0.05) is 12.3 Å². The number of amides is 2. The van der Waals surface area contributed by atoms with E-state index in [0.29, 0.717) is 11.5 Å². The van der Waals surface area contributed by atoms with E-state index in [1.807, 2.05) is 48.5 Å². The van der Waals surface area contributed by atoms with Gasteiger partial charge in [-0.1, -0.05) is 41.6 Å². The fraction of sp³-hybridized carbons (Fsp3) is 0.200. The lowest BCUT2D eigenvalue weighted by atomic mass is 9.88. The van der Waals surface area contributed by atoms with Crippen LogP contribution in [0.25, 0.3) is 0 Å². The first-order valence-corrected chi connectivity index (χ1v) is 8.94. The first-order valence-electron chi connectivity index (χ1n) is 8.94. The van der Waals surface area contributed by atoms with Gasteiger partial charge >= 0.3 is 11.8 Å². The Kier molecular flexibility index (Phi) is 5.10. The van der Waals surface area contributed by atoms with Crippen LogP contribution in [0.5, 0.6) is 11.5 Å². The van der Waals surface area contributed by atoms with Crippen LogP contribution in [0.15, 0.2) is 53.1 Å². The van der Waals surface area contributed by atoms with Crippen molar-refractivity contribution in [2.24, 2.45) is 5.73 Å². The van der Waals surface area contributed by atoms with E-state index in [0.717, 1.165) is 11.1 Å². The van der Waals surface area contributed by atoms with Crippen LogP contribution < -0.4 is 20.5 Å². The highest BCUT2D eigenvalue weighted by atomic mass is 16.7. The van der Waals surface area contributed by atoms with Crippen LogP contribution in [0.4, 0.5) is 0 Å². The van der Waals surface area contributed by atoms with Gasteiger partial charge in [-0.25, -0.2) is 0 Å². The van der Waals surface area contributed by atoms with Crippen molar-refractivity contribution < 1.29 is 23.6 Å². The van der Waals surface area contributed by atoms with Crippen LogP contribution in [-0.2, 0) is 11.3 Å². The number of ether oxygens (including phenoxy) is 2. The first-order chi connectivity index (χ1) is 14.1. The van der Waals surface area contributed by atoms with Gasteiger partial charge in [0.2, 0.25) is 12.7 Å². The highest BCUT2D eigenvalue weighted by Crippen LogP contribution is 2.37. The molecule has 2 heterocycles. The lowest BCUT2D eigenvalue weighted by molar-refractivity contribution is -0.121. The van der Waals surface area contributed by atoms with Crippen molar-refractivity contribution in [3.05, 3.63) is 71.4 Å².